The normalized spacial score (nSPS) is 11.3. The summed E-state index contributed by atoms with van der Waals surface area (Å²) in [7, 11) is 1.66. The Balaban J connectivity index is 2.22. The largest absolute Gasteiger partial charge is 0.384 e. The van der Waals surface area contributed by atoms with Crippen LogP contribution in [0.25, 0.3) is 21.9 Å². The van der Waals surface area contributed by atoms with Gasteiger partial charge in [-0.1, -0.05) is 36.0 Å². The minimum Gasteiger partial charge on any atom is -0.384 e. The molecule has 3 aromatic rings. The molecule has 2 heterocycles. The first-order valence-corrected chi connectivity index (χ1v) is 7.98. The zero-order valence-corrected chi connectivity index (χ0v) is 13.2. The highest BCUT2D eigenvalue weighted by Crippen LogP contribution is 2.24. The Bertz CT molecular complexity index is 882. The average Bonchev–Trinajstić information content (AvgIpc) is 2.90. The summed E-state index contributed by atoms with van der Waals surface area (Å²) in [5.41, 5.74) is 2.12. The van der Waals surface area contributed by atoms with Gasteiger partial charge in [-0.3, -0.25) is 9.36 Å². The maximum Gasteiger partial charge on any atom is 0.278 e. The van der Waals surface area contributed by atoms with Gasteiger partial charge in [-0.05, 0) is 6.07 Å². The van der Waals surface area contributed by atoms with Crippen LogP contribution in [-0.4, -0.2) is 34.0 Å². The number of ether oxygens (including phenoxy) is 1. The van der Waals surface area contributed by atoms with Crippen LogP contribution in [0.1, 0.15) is 0 Å². The third-order valence-corrected chi connectivity index (χ3v) is 4.35. The van der Waals surface area contributed by atoms with Gasteiger partial charge in [-0.25, -0.2) is 4.98 Å². The van der Waals surface area contributed by atoms with E-state index in [9.17, 15) is 4.79 Å². The van der Waals surface area contributed by atoms with Crippen LogP contribution in [0.4, 0.5) is 0 Å². The molecule has 0 aliphatic heterocycles. The van der Waals surface area contributed by atoms with E-state index in [0.29, 0.717) is 23.8 Å². The molecule has 22 heavy (non-hydrogen) atoms. The van der Waals surface area contributed by atoms with E-state index < -0.39 is 0 Å². The van der Waals surface area contributed by atoms with Gasteiger partial charge in [0.2, 0.25) is 0 Å². The number of nitrogens with zero attached hydrogens (tertiary/aromatic N) is 2. The highest BCUT2D eigenvalue weighted by atomic mass is 32.2. The fourth-order valence-electron chi connectivity index (χ4n) is 2.39. The minimum absolute atomic E-state index is 0.0685. The van der Waals surface area contributed by atoms with Gasteiger partial charge in [0.05, 0.1) is 6.61 Å². The van der Waals surface area contributed by atoms with Crippen molar-refractivity contribution in [3.05, 3.63) is 47.3 Å². The van der Waals surface area contributed by atoms with Gasteiger partial charge in [-0.2, -0.15) is 0 Å². The van der Waals surface area contributed by atoms with Gasteiger partial charge in [0.1, 0.15) is 11.0 Å². The third-order valence-electron chi connectivity index (χ3n) is 3.41. The van der Waals surface area contributed by atoms with Crippen molar-refractivity contribution in [1.82, 2.24) is 14.5 Å². The van der Waals surface area contributed by atoms with Crippen LogP contribution in [-0.2, 0) is 11.3 Å². The van der Waals surface area contributed by atoms with Crippen LogP contribution in [0, 0.1) is 0 Å². The highest BCUT2D eigenvalue weighted by molar-refractivity contribution is 7.99. The summed E-state index contributed by atoms with van der Waals surface area (Å²) < 4.78 is 6.72. The van der Waals surface area contributed by atoms with Crippen molar-refractivity contribution in [3.63, 3.8) is 0 Å². The predicted molar refractivity (Wildman–Crippen MR) is 90.7 cm³/mol. The topological polar surface area (TPSA) is 59.9 Å². The molecule has 1 N–H and O–H groups in total. The Morgan fingerprint density at radius 3 is 3.05 bits per heavy atom. The van der Waals surface area contributed by atoms with E-state index >= 15 is 0 Å². The smallest absolute Gasteiger partial charge is 0.278 e. The standard InChI is InChI=1S/C16H17N3O2S/c1-3-8-19-15(20)14-13(18-16(19)22-10-9-21-2)11-6-4-5-7-12(11)17-14/h3-7,17H,1,8-10H2,2H3. The van der Waals surface area contributed by atoms with Gasteiger partial charge in [0.15, 0.2) is 5.16 Å². The second kappa shape index (κ2) is 6.37. The fourth-order valence-corrected chi connectivity index (χ4v) is 3.29. The molecule has 6 heteroatoms. The number of benzene rings is 1. The van der Waals surface area contributed by atoms with Gasteiger partial charge in [0.25, 0.3) is 5.56 Å². The maximum atomic E-state index is 12.7. The second-order valence-corrected chi connectivity index (χ2v) is 5.90. The van der Waals surface area contributed by atoms with E-state index in [4.69, 9.17) is 9.72 Å². The summed E-state index contributed by atoms with van der Waals surface area (Å²) in [6.07, 6.45) is 1.71. The van der Waals surface area contributed by atoms with E-state index in [2.05, 4.69) is 11.6 Å². The fraction of sp³-hybridized carbons (Fsp3) is 0.250. The summed E-state index contributed by atoms with van der Waals surface area (Å²) in [6, 6.07) is 7.81. The Hall–Kier alpha value is -2.05. The number of fused-ring (bicyclic) bond motifs is 3. The van der Waals surface area contributed by atoms with Crippen molar-refractivity contribution >= 4 is 33.7 Å². The Morgan fingerprint density at radius 1 is 1.45 bits per heavy atom. The molecule has 3 rings (SSSR count). The molecular weight excluding hydrogens is 298 g/mol. The van der Waals surface area contributed by atoms with Crippen molar-refractivity contribution in [1.29, 1.82) is 0 Å². The molecular formula is C16H17N3O2S. The van der Waals surface area contributed by atoms with E-state index in [1.165, 1.54) is 11.8 Å². The van der Waals surface area contributed by atoms with E-state index in [1.54, 1.807) is 17.8 Å². The number of para-hydroxylation sites is 1. The SMILES string of the molecule is C=CCn1c(SCCOC)nc2c([nH]c3ccccc32)c1=O. The number of methoxy groups -OCH3 is 1. The first-order chi connectivity index (χ1) is 10.8. The molecule has 2 aromatic heterocycles. The second-order valence-electron chi connectivity index (χ2n) is 4.83. The molecule has 0 spiro atoms. The van der Waals surface area contributed by atoms with E-state index in [0.717, 1.165) is 22.2 Å². The number of thioether (sulfide) groups is 1. The zero-order chi connectivity index (χ0) is 15.5. The quantitative estimate of drug-likeness (QED) is 0.329. The number of hydrogen-bond donors (Lipinski definition) is 1. The number of aromatic amines is 1. The lowest BCUT2D eigenvalue weighted by atomic mass is 10.2. The van der Waals surface area contributed by atoms with Crippen LogP contribution >= 0.6 is 11.8 Å². The molecule has 0 atom stereocenters. The first kappa shape index (κ1) is 14.9. The molecule has 0 radical (unpaired) electrons. The Morgan fingerprint density at radius 2 is 2.27 bits per heavy atom. The highest BCUT2D eigenvalue weighted by Gasteiger charge is 2.14. The zero-order valence-electron chi connectivity index (χ0n) is 12.3. The lowest BCUT2D eigenvalue weighted by Gasteiger charge is -2.09. The third kappa shape index (κ3) is 2.55. The lowest BCUT2D eigenvalue weighted by molar-refractivity contribution is 0.218. The van der Waals surface area contributed by atoms with Gasteiger partial charge in [-0.15, -0.1) is 6.58 Å². The molecule has 0 aliphatic rings. The number of H-pyrrole nitrogens is 1. The molecule has 114 valence electrons. The van der Waals surface area contributed by atoms with E-state index in [-0.39, 0.29) is 5.56 Å². The van der Waals surface area contributed by atoms with Crippen LogP contribution < -0.4 is 5.56 Å². The van der Waals surface area contributed by atoms with Crippen LogP contribution in [0.2, 0.25) is 0 Å². The lowest BCUT2D eigenvalue weighted by Crippen LogP contribution is -2.23. The van der Waals surface area contributed by atoms with Crippen molar-refractivity contribution in [2.45, 2.75) is 11.7 Å². The van der Waals surface area contributed by atoms with Crippen molar-refractivity contribution < 1.29 is 4.74 Å². The first-order valence-electron chi connectivity index (χ1n) is 7.00. The van der Waals surface area contributed by atoms with Crippen LogP contribution in [0.15, 0.2) is 46.9 Å². The predicted octanol–water partition coefficient (Wildman–Crippen LogP) is 2.80. The minimum atomic E-state index is -0.0685. The summed E-state index contributed by atoms with van der Waals surface area (Å²) in [4.78, 5) is 20.6. The summed E-state index contributed by atoms with van der Waals surface area (Å²) in [5, 5.41) is 1.66. The number of rotatable bonds is 6. The van der Waals surface area contributed by atoms with Gasteiger partial charge in [0, 0.05) is 30.3 Å². The van der Waals surface area contributed by atoms with E-state index in [1.807, 2.05) is 24.3 Å². The number of hydrogen-bond acceptors (Lipinski definition) is 4. The summed E-state index contributed by atoms with van der Waals surface area (Å²) in [6.45, 7) is 4.77. The average molecular weight is 315 g/mol. The van der Waals surface area contributed by atoms with Crippen LogP contribution in [0.5, 0.6) is 0 Å². The number of nitrogens with one attached hydrogen (secondary N) is 1. The monoisotopic (exact) mass is 315 g/mol. The number of aromatic nitrogens is 3. The molecule has 0 amide bonds. The molecule has 0 unspecified atom stereocenters. The molecule has 0 saturated heterocycles. The Labute approximate surface area is 132 Å². The molecule has 1 aromatic carbocycles. The van der Waals surface area contributed by atoms with Crippen molar-refractivity contribution in [2.75, 3.05) is 19.5 Å². The van der Waals surface area contributed by atoms with Gasteiger partial charge < -0.3 is 9.72 Å². The Kier molecular flexibility index (Phi) is 4.31. The number of allylic oxidation sites excluding steroid dienone is 1. The summed E-state index contributed by atoms with van der Waals surface area (Å²) in [5.74, 6) is 0.744. The molecule has 0 saturated carbocycles. The molecule has 0 bridgehead atoms. The molecule has 0 aliphatic carbocycles. The van der Waals surface area contributed by atoms with Crippen LogP contribution in [0.3, 0.4) is 0 Å². The molecule has 0 fully saturated rings. The summed E-state index contributed by atoms with van der Waals surface area (Å²) >= 11 is 1.52. The maximum absolute atomic E-state index is 12.7. The van der Waals surface area contributed by atoms with Crippen molar-refractivity contribution in [2.24, 2.45) is 0 Å². The van der Waals surface area contributed by atoms with Crippen molar-refractivity contribution in [3.8, 4) is 0 Å². The molecule has 5 nitrogen and oxygen atoms in total. The van der Waals surface area contributed by atoms with Gasteiger partial charge >= 0.3 is 0 Å².